The molecule has 27 heavy (non-hydrogen) atoms. The lowest BCUT2D eigenvalue weighted by Gasteiger charge is -2.35. The first-order valence-electron chi connectivity index (χ1n) is 9.99. The van der Waals surface area contributed by atoms with Crippen LogP contribution >= 0.6 is 11.3 Å². The van der Waals surface area contributed by atoms with Gasteiger partial charge in [-0.2, -0.15) is 0 Å². The summed E-state index contributed by atoms with van der Waals surface area (Å²) in [5, 5.41) is 3.06. The number of likely N-dealkylation sites (tertiary alicyclic amines) is 1. The minimum atomic E-state index is 0.313. The Hall–Kier alpha value is -1.70. The van der Waals surface area contributed by atoms with Crippen LogP contribution in [-0.4, -0.2) is 71.4 Å². The van der Waals surface area contributed by atoms with Gasteiger partial charge in [0.1, 0.15) is 0 Å². The van der Waals surface area contributed by atoms with Gasteiger partial charge in [0.15, 0.2) is 10.8 Å². The lowest BCUT2D eigenvalue weighted by molar-refractivity contribution is -0.132. The van der Waals surface area contributed by atoms with Gasteiger partial charge in [-0.1, -0.05) is 12.8 Å². The van der Waals surface area contributed by atoms with Gasteiger partial charge in [-0.05, 0) is 25.0 Å². The molecule has 2 aliphatic rings. The molecule has 0 unspecified atom stereocenters. The van der Waals surface area contributed by atoms with E-state index in [-0.39, 0.29) is 0 Å². The molecule has 0 radical (unpaired) electrons. The Labute approximate surface area is 164 Å². The molecule has 0 spiro atoms. The van der Waals surface area contributed by atoms with Crippen molar-refractivity contribution in [2.75, 3.05) is 45.8 Å². The molecule has 4 rings (SSSR count). The molecule has 0 aromatic carbocycles. The van der Waals surface area contributed by atoms with Crippen LogP contribution in [0.2, 0.25) is 0 Å². The van der Waals surface area contributed by atoms with E-state index in [0.717, 1.165) is 75.1 Å². The molecule has 146 valence electrons. The lowest BCUT2D eigenvalue weighted by atomic mass is 10.2. The van der Waals surface area contributed by atoms with Gasteiger partial charge in [0.05, 0.1) is 18.5 Å². The summed E-state index contributed by atoms with van der Waals surface area (Å²) >= 11 is 1.63. The highest BCUT2D eigenvalue weighted by Gasteiger charge is 2.23. The van der Waals surface area contributed by atoms with E-state index >= 15 is 0 Å². The molecule has 2 fully saturated rings. The fourth-order valence-corrected chi connectivity index (χ4v) is 4.62. The summed E-state index contributed by atoms with van der Waals surface area (Å²) in [6.07, 6.45) is 6.53. The molecule has 2 aromatic heterocycles. The number of furan rings is 1. The van der Waals surface area contributed by atoms with E-state index in [2.05, 4.69) is 20.1 Å². The zero-order valence-corrected chi connectivity index (χ0v) is 16.6. The predicted octanol–water partition coefficient (Wildman–Crippen LogP) is 2.92. The highest BCUT2D eigenvalue weighted by molar-refractivity contribution is 7.13. The molecule has 0 aliphatic carbocycles. The lowest BCUT2D eigenvalue weighted by Crippen LogP contribution is -2.49. The molecular formula is C20H28N4O2S. The minimum Gasteiger partial charge on any atom is -0.462 e. The zero-order chi connectivity index (χ0) is 18.5. The molecule has 2 aromatic rings. The predicted molar refractivity (Wildman–Crippen MR) is 107 cm³/mol. The number of carbonyl (C=O) groups excluding carboxylic acids is 1. The van der Waals surface area contributed by atoms with E-state index in [1.807, 2.05) is 12.1 Å². The largest absolute Gasteiger partial charge is 0.462 e. The van der Waals surface area contributed by atoms with Crippen molar-refractivity contribution in [2.24, 2.45) is 0 Å². The molecule has 0 atom stereocenters. The third-order valence-corrected chi connectivity index (χ3v) is 6.36. The third-order valence-electron chi connectivity index (χ3n) is 5.45. The number of carbonyl (C=O) groups is 1. The Bertz CT molecular complexity index is 714. The number of piperazine rings is 1. The monoisotopic (exact) mass is 388 g/mol. The van der Waals surface area contributed by atoms with Crippen molar-refractivity contribution in [3.8, 4) is 10.8 Å². The molecule has 6 nitrogen and oxygen atoms in total. The summed E-state index contributed by atoms with van der Waals surface area (Å²) in [6, 6.07) is 3.84. The number of hydrogen-bond acceptors (Lipinski definition) is 6. The highest BCUT2D eigenvalue weighted by atomic mass is 32.1. The van der Waals surface area contributed by atoms with Crippen LogP contribution in [0.4, 0.5) is 0 Å². The second-order valence-electron chi connectivity index (χ2n) is 7.47. The first-order chi connectivity index (χ1) is 13.3. The summed E-state index contributed by atoms with van der Waals surface area (Å²) < 4.78 is 5.42. The van der Waals surface area contributed by atoms with E-state index in [1.54, 1.807) is 17.6 Å². The Balaban J connectivity index is 1.22. The van der Waals surface area contributed by atoms with Gasteiger partial charge < -0.3 is 9.32 Å². The van der Waals surface area contributed by atoms with Crippen molar-refractivity contribution in [2.45, 2.75) is 32.2 Å². The molecule has 2 aliphatic heterocycles. The van der Waals surface area contributed by atoms with E-state index in [0.29, 0.717) is 12.5 Å². The number of nitrogens with zero attached hydrogens (tertiary/aromatic N) is 4. The van der Waals surface area contributed by atoms with Crippen LogP contribution in [0.1, 0.15) is 31.4 Å². The summed E-state index contributed by atoms with van der Waals surface area (Å²) in [5.41, 5.74) is 1.10. The number of hydrogen-bond donors (Lipinski definition) is 0. The van der Waals surface area contributed by atoms with Crippen LogP contribution in [0.5, 0.6) is 0 Å². The van der Waals surface area contributed by atoms with Gasteiger partial charge in [-0.25, -0.2) is 4.98 Å². The fraction of sp³-hybridized carbons (Fsp3) is 0.600. The summed E-state index contributed by atoms with van der Waals surface area (Å²) in [5.74, 6) is 1.15. The Morgan fingerprint density at radius 1 is 1.04 bits per heavy atom. The van der Waals surface area contributed by atoms with Gasteiger partial charge in [-0.15, -0.1) is 11.3 Å². The maximum absolute atomic E-state index is 12.6. The smallest absolute Gasteiger partial charge is 0.236 e. The number of aromatic nitrogens is 1. The first-order valence-corrected chi connectivity index (χ1v) is 10.9. The van der Waals surface area contributed by atoms with Crippen molar-refractivity contribution in [1.82, 2.24) is 19.7 Å². The van der Waals surface area contributed by atoms with Gasteiger partial charge in [0.25, 0.3) is 0 Å². The third kappa shape index (κ3) is 4.97. The Morgan fingerprint density at radius 3 is 2.48 bits per heavy atom. The molecular weight excluding hydrogens is 360 g/mol. The van der Waals surface area contributed by atoms with Gasteiger partial charge in [0.2, 0.25) is 5.91 Å². The van der Waals surface area contributed by atoms with Crippen molar-refractivity contribution in [3.63, 3.8) is 0 Å². The molecule has 7 heteroatoms. The number of thiazole rings is 1. The minimum absolute atomic E-state index is 0.313. The standard InChI is InChI=1S/C20H28N4O2S/c25-19(24-7-3-1-2-4-8-24)15-23-11-9-22(10-12-23)14-17-16-27-20(21-17)18-6-5-13-26-18/h5-6,13,16H,1-4,7-12,14-15H2. The van der Waals surface area contributed by atoms with Crippen LogP contribution in [0.25, 0.3) is 10.8 Å². The molecule has 0 bridgehead atoms. The molecule has 4 heterocycles. The zero-order valence-electron chi connectivity index (χ0n) is 15.8. The average molecular weight is 389 g/mol. The van der Waals surface area contributed by atoms with Crippen LogP contribution in [-0.2, 0) is 11.3 Å². The van der Waals surface area contributed by atoms with Crippen molar-refractivity contribution in [3.05, 3.63) is 29.5 Å². The second kappa shape index (κ2) is 8.99. The van der Waals surface area contributed by atoms with Crippen LogP contribution in [0.3, 0.4) is 0 Å². The molecule has 0 N–H and O–H groups in total. The SMILES string of the molecule is O=C(CN1CCN(Cc2csc(-c3ccco3)n2)CC1)N1CCCCCC1. The van der Waals surface area contributed by atoms with Crippen molar-refractivity contribution in [1.29, 1.82) is 0 Å². The topological polar surface area (TPSA) is 52.8 Å². The van der Waals surface area contributed by atoms with E-state index in [9.17, 15) is 4.79 Å². The molecule has 2 saturated heterocycles. The Kier molecular flexibility index (Phi) is 6.21. The normalized spacial score (nSPS) is 19.9. The van der Waals surface area contributed by atoms with E-state index < -0.39 is 0 Å². The maximum atomic E-state index is 12.6. The summed E-state index contributed by atoms with van der Waals surface area (Å²) in [6.45, 7) is 7.21. The average Bonchev–Trinajstić information content (AvgIpc) is 3.29. The Morgan fingerprint density at radius 2 is 1.78 bits per heavy atom. The summed E-state index contributed by atoms with van der Waals surface area (Å²) in [7, 11) is 0. The van der Waals surface area contributed by atoms with Crippen LogP contribution in [0.15, 0.2) is 28.2 Å². The van der Waals surface area contributed by atoms with Crippen LogP contribution < -0.4 is 0 Å². The molecule has 0 saturated carbocycles. The van der Waals surface area contributed by atoms with Gasteiger partial charge in [-0.3, -0.25) is 14.6 Å². The van der Waals surface area contributed by atoms with Gasteiger partial charge >= 0.3 is 0 Å². The van der Waals surface area contributed by atoms with E-state index in [4.69, 9.17) is 9.40 Å². The number of rotatable bonds is 5. The van der Waals surface area contributed by atoms with Crippen molar-refractivity contribution >= 4 is 17.2 Å². The quantitative estimate of drug-likeness (QED) is 0.788. The maximum Gasteiger partial charge on any atom is 0.236 e. The fourth-order valence-electron chi connectivity index (χ4n) is 3.84. The number of amides is 1. The second-order valence-corrected chi connectivity index (χ2v) is 8.33. The van der Waals surface area contributed by atoms with Crippen LogP contribution in [0, 0.1) is 0 Å². The first kappa shape index (κ1) is 18.7. The summed E-state index contributed by atoms with van der Waals surface area (Å²) in [4.78, 5) is 24.1. The molecule has 1 amide bonds. The van der Waals surface area contributed by atoms with Gasteiger partial charge in [0, 0.05) is 51.2 Å². The highest BCUT2D eigenvalue weighted by Crippen LogP contribution is 2.24. The van der Waals surface area contributed by atoms with Crippen molar-refractivity contribution < 1.29 is 9.21 Å². The van der Waals surface area contributed by atoms with E-state index in [1.165, 1.54) is 12.8 Å².